The van der Waals surface area contributed by atoms with Crippen LogP contribution in [0.1, 0.15) is 22.8 Å². The smallest absolute Gasteiger partial charge is 0.295 e. The molecule has 140 valence electrons. The normalized spacial score (nSPS) is 11.5. The van der Waals surface area contributed by atoms with E-state index in [9.17, 15) is 9.90 Å². The van der Waals surface area contributed by atoms with Gasteiger partial charge in [-0.1, -0.05) is 11.6 Å². The highest BCUT2D eigenvalue weighted by Crippen LogP contribution is 2.39. The van der Waals surface area contributed by atoms with Gasteiger partial charge >= 0.3 is 0 Å². The Bertz CT molecular complexity index is 1180. The Kier molecular flexibility index (Phi) is 4.40. The molecule has 1 N–H and O–H groups in total. The van der Waals surface area contributed by atoms with Gasteiger partial charge in [-0.3, -0.25) is 4.79 Å². The second-order valence-corrected chi connectivity index (χ2v) is 6.24. The van der Waals surface area contributed by atoms with Crippen LogP contribution in [0.25, 0.3) is 16.6 Å². The number of rotatable bonds is 4. The van der Waals surface area contributed by atoms with E-state index in [0.29, 0.717) is 17.8 Å². The zero-order valence-electron chi connectivity index (χ0n) is 15.3. The molecule has 0 aliphatic carbocycles. The lowest BCUT2D eigenvalue weighted by Crippen LogP contribution is -1.98. The van der Waals surface area contributed by atoms with Gasteiger partial charge in [0.05, 0.1) is 11.2 Å². The first-order valence-corrected chi connectivity index (χ1v) is 8.69. The van der Waals surface area contributed by atoms with Crippen LogP contribution in [0.15, 0.2) is 59.0 Å². The molecule has 0 spiro atoms. The fourth-order valence-electron chi connectivity index (χ4n) is 3.05. The van der Waals surface area contributed by atoms with Crippen LogP contribution in [0.4, 0.5) is 5.69 Å². The molecule has 4 aromatic rings. The minimum atomic E-state index is -0.507. The standard InChI is InChI=1S/C19H17N7O2/c1-3-25-16-9-4-12(2)10-15(16)17(19(25)28)21-22-18(27)13-5-7-14(8-6-13)26-11-20-23-24-26/h4-11,28H,3H2,1-2H3. The van der Waals surface area contributed by atoms with Gasteiger partial charge in [-0.25, -0.2) is 4.68 Å². The van der Waals surface area contributed by atoms with Gasteiger partial charge in [0, 0.05) is 17.5 Å². The van der Waals surface area contributed by atoms with Gasteiger partial charge in [-0.05, 0) is 60.7 Å². The molecule has 0 bridgehead atoms. The number of aromatic nitrogens is 5. The van der Waals surface area contributed by atoms with Crippen LogP contribution in [0.3, 0.4) is 0 Å². The Morgan fingerprint density at radius 1 is 1.18 bits per heavy atom. The van der Waals surface area contributed by atoms with Gasteiger partial charge in [0.2, 0.25) is 5.88 Å². The van der Waals surface area contributed by atoms with Crippen molar-refractivity contribution in [2.45, 2.75) is 20.4 Å². The van der Waals surface area contributed by atoms with Crippen molar-refractivity contribution >= 4 is 22.5 Å². The van der Waals surface area contributed by atoms with E-state index in [2.05, 4.69) is 25.8 Å². The van der Waals surface area contributed by atoms with Crippen LogP contribution in [0.2, 0.25) is 0 Å². The van der Waals surface area contributed by atoms with Gasteiger partial charge < -0.3 is 9.67 Å². The molecule has 9 nitrogen and oxygen atoms in total. The van der Waals surface area contributed by atoms with Crippen molar-refractivity contribution in [1.82, 2.24) is 24.8 Å². The Morgan fingerprint density at radius 2 is 1.96 bits per heavy atom. The van der Waals surface area contributed by atoms with Crippen LogP contribution < -0.4 is 0 Å². The highest BCUT2D eigenvalue weighted by atomic mass is 16.3. The van der Waals surface area contributed by atoms with Gasteiger partial charge in [0.1, 0.15) is 6.33 Å². The molecule has 0 saturated carbocycles. The highest BCUT2D eigenvalue weighted by Gasteiger charge is 2.16. The molecule has 2 heterocycles. The van der Waals surface area contributed by atoms with Gasteiger partial charge in [-0.15, -0.1) is 15.3 Å². The number of aromatic hydroxyl groups is 1. The van der Waals surface area contributed by atoms with Gasteiger partial charge in [0.25, 0.3) is 5.91 Å². The van der Waals surface area contributed by atoms with Crippen molar-refractivity contribution in [2.75, 3.05) is 0 Å². The van der Waals surface area contributed by atoms with E-state index in [0.717, 1.165) is 22.2 Å². The van der Waals surface area contributed by atoms with Crippen molar-refractivity contribution < 1.29 is 9.90 Å². The average molecular weight is 375 g/mol. The third kappa shape index (κ3) is 3.02. The summed E-state index contributed by atoms with van der Waals surface area (Å²) in [4.78, 5) is 12.4. The van der Waals surface area contributed by atoms with E-state index in [1.54, 1.807) is 28.8 Å². The number of hydrogen-bond acceptors (Lipinski definition) is 6. The largest absolute Gasteiger partial charge is 0.493 e. The third-order valence-corrected chi connectivity index (χ3v) is 4.45. The third-order valence-electron chi connectivity index (χ3n) is 4.45. The minimum absolute atomic E-state index is 0.00585. The summed E-state index contributed by atoms with van der Waals surface area (Å²) in [7, 11) is 0. The number of benzene rings is 2. The van der Waals surface area contributed by atoms with Crippen LogP contribution in [-0.4, -0.2) is 35.8 Å². The van der Waals surface area contributed by atoms with Crippen molar-refractivity contribution in [2.24, 2.45) is 10.2 Å². The highest BCUT2D eigenvalue weighted by molar-refractivity contribution is 5.97. The molecule has 28 heavy (non-hydrogen) atoms. The average Bonchev–Trinajstić information content (AvgIpc) is 3.32. The summed E-state index contributed by atoms with van der Waals surface area (Å²) < 4.78 is 3.21. The summed E-state index contributed by atoms with van der Waals surface area (Å²) in [5.74, 6) is -0.513. The number of amides is 1. The van der Waals surface area contributed by atoms with E-state index in [1.807, 2.05) is 32.0 Å². The molecule has 0 radical (unpaired) electrons. The Labute approximate surface area is 159 Å². The number of aryl methyl sites for hydroxylation is 2. The van der Waals surface area contributed by atoms with Crippen LogP contribution in [0, 0.1) is 6.92 Å². The molecule has 9 heteroatoms. The predicted octanol–water partition coefficient (Wildman–Crippen LogP) is 3.58. The van der Waals surface area contributed by atoms with Crippen LogP contribution in [-0.2, 0) is 6.54 Å². The molecule has 2 aromatic carbocycles. The number of carbonyl (C=O) groups is 1. The van der Waals surface area contributed by atoms with Gasteiger partial charge in [-0.2, -0.15) is 0 Å². The van der Waals surface area contributed by atoms with E-state index >= 15 is 0 Å². The Hall–Kier alpha value is -3.88. The zero-order valence-corrected chi connectivity index (χ0v) is 15.3. The number of tetrazole rings is 1. The first-order chi connectivity index (χ1) is 13.6. The number of fused-ring (bicyclic) bond motifs is 1. The summed E-state index contributed by atoms with van der Waals surface area (Å²) in [5, 5.41) is 30.1. The molecule has 4 rings (SSSR count). The molecular weight excluding hydrogens is 358 g/mol. The minimum Gasteiger partial charge on any atom is -0.493 e. The SMILES string of the molecule is CCn1c(O)c(N=NC(=O)c2ccc(-n3cnnn3)cc2)c2cc(C)ccc21. The number of nitrogens with zero attached hydrogens (tertiary/aromatic N) is 7. The lowest BCUT2D eigenvalue weighted by atomic mass is 10.1. The van der Waals surface area contributed by atoms with Crippen molar-refractivity contribution in [3.63, 3.8) is 0 Å². The summed E-state index contributed by atoms with van der Waals surface area (Å²) >= 11 is 0. The van der Waals surface area contributed by atoms with Crippen molar-refractivity contribution in [3.05, 3.63) is 59.9 Å². The summed E-state index contributed by atoms with van der Waals surface area (Å²) in [6.45, 7) is 4.46. The molecule has 0 aliphatic heterocycles. The molecule has 0 unspecified atom stereocenters. The van der Waals surface area contributed by atoms with Crippen molar-refractivity contribution in [3.8, 4) is 11.6 Å². The quantitative estimate of drug-likeness (QED) is 0.548. The molecule has 0 fully saturated rings. The predicted molar refractivity (Wildman–Crippen MR) is 102 cm³/mol. The molecule has 0 saturated heterocycles. The zero-order chi connectivity index (χ0) is 19.7. The maximum Gasteiger partial charge on any atom is 0.295 e. The first kappa shape index (κ1) is 17.5. The maximum absolute atomic E-state index is 12.4. The summed E-state index contributed by atoms with van der Waals surface area (Å²) in [6, 6.07) is 12.5. The monoisotopic (exact) mass is 375 g/mol. The molecular formula is C19H17N7O2. The summed E-state index contributed by atoms with van der Waals surface area (Å²) in [5.41, 5.74) is 3.26. The van der Waals surface area contributed by atoms with Crippen molar-refractivity contribution in [1.29, 1.82) is 0 Å². The second kappa shape index (κ2) is 7.03. The first-order valence-electron chi connectivity index (χ1n) is 8.69. The fraction of sp³-hybridized carbons (Fsp3) is 0.158. The molecule has 2 aromatic heterocycles. The van der Waals surface area contributed by atoms with Gasteiger partial charge in [0.15, 0.2) is 5.69 Å². The maximum atomic E-state index is 12.4. The van der Waals surface area contributed by atoms with E-state index < -0.39 is 5.91 Å². The Balaban J connectivity index is 1.65. The van der Waals surface area contributed by atoms with E-state index in [4.69, 9.17) is 0 Å². The lowest BCUT2D eigenvalue weighted by Gasteiger charge is -2.01. The molecule has 0 aliphatic rings. The van der Waals surface area contributed by atoms with E-state index in [1.165, 1.54) is 11.0 Å². The topological polar surface area (TPSA) is 111 Å². The summed E-state index contributed by atoms with van der Waals surface area (Å²) in [6.07, 6.45) is 1.46. The van der Waals surface area contributed by atoms with Crippen LogP contribution in [0.5, 0.6) is 5.88 Å². The number of hydrogen-bond donors (Lipinski definition) is 1. The fourth-order valence-corrected chi connectivity index (χ4v) is 3.05. The molecule has 0 atom stereocenters. The van der Waals surface area contributed by atoms with E-state index in [-0.39, 0.29) is 5.88 Å². The number of carbonyl (C=O) groups excluding carboxylic acids is 1. The van der Waals surface area contributed by atoms with Crippen LogP contribution >= 0.6 is 0 Å². The molecule has 1 amide bonds. The number of azo groups is 1. The second-order valence-electron chi connectivity index (χ2n) is 6.24. The lowest BCUT2D eigenvalue weighted by molar-refractivity contribution is 0.0995. The Morgan fingerprint density at radius 3 is 2.64 bits per heavy atom.